The highest BCUT2D eigenvalue weighted by molar-refractivity contribution is 6.04. The molecule has 0 unspecified atom stereocenters. The molecule has 3 N–H and O–H groups in total. The molecule has 148 valence electrons. The van der Waals surface area contributed by atoms with Crippen LogP contribution in [0.15, 0.2) is 61.2 Å². The summed E-state index contributed by atoms with van der Waals surface area (Å²) in [6.07, 6.45) is 1.60. The molecule has 3 amide bonds. The molecule has 0 atom stereocenters. The lowest BCUT2D eigenvalue weighted by atomic mass is 10.1. The number of carbonyl (C=O) groups is 2. The number of benzene rings is 2. The number of hydrogen-bond donors (Lipinski definition) is 3. The number of anilines is 3. The van der Waals surface area contributed by atoms with E-state index in [0.717, 1.165) is 12.2 Å². The van der Waals surface area contributed by atoms with Crippen LogP contribution in [0.5, 0.6) is 0 Å². The molecule has 0 aliphatic heterocycles. The van der Waals surface area contributed by atoms with E-state index >= 15 is 0 Å². The predicted octanol–water partition coefficient (Wildman–Crippen LogP) is 4.48. The molecule has 0 saturated heterocycles. The third-order valence-corrected chi connectivity index (χ3v) is 4.23. The number of hydrogen-bond acceptors (Lipinski definition) is 3. The van der Waals surface area contributed by atoms with Crippen LogP contribution in [0.4, 0.5) is 21.9 Å². The molecule has 28 heavy (non-hydrogen) atoms. The van der Waals surface area contributed by atoms with Crippen LogP contribution >= 0.6 is 0 Å². The smallest absolute Gasteiger partial charge is 0.319 e. The molecule has 0 aromatic heterocycles. The van der Waals surface area contributed by atoms with Crippen molar-refractivity contribution < 1.29 is 9.59 Å². The Morgan fingerprint density at radius 1 is 1.00 bits per heavy atom. The summed E-state index contributed by atoms with van der Waals surface area (Å²) in [5, 5.41) is 8.20. The van der Waals surface area contributed by atoms with Crippen LogP contribution in [0, 0.1) is 0 Å². The molecule has 0 aliphatic carbocycles. The third kappa shape index (κ3) is 5.87. The summed E-state index contributed by atoms with van der Waals surface area (Å²) in [5.74, 6) is -0.177. The zero-order valence-corrected chi connectivity index (χ0v) is 16.7. The fraction of sp³-hybridized carbons (Fsp3) is 0.273. The first-order chi connectivity index (χ1) is 13.4. The lowest BCUT2D eigenvalue weighted by Crippen LogP contribution is -2.30. The molecule has 2 aromatic rings. The average molecular weight is 380 g/mol. The van der Waals surface area contributed by atoms with Gasteiger partial charge in [0.25, 0.3) is 5.91 Å². The minimum absolute atomic E-state index is 0.177. The number of nitrogens with zero attached hydrogens (tertiary/aromatic N) is 1. The molecular weight excluding hydrogens is 352 g/mol. The number of carbonyl (C=O) groups excluding carboxylic acids is 2. The van der Waals surface area contributed by atoms with E-state index in [2.05, 4.69) is 48.2 Å². The zero-order chi connectivity index (χ0) is 20.5. The molecule has 0 radical (unpaired) electrons. The van der Waals surface area contributed by atoms with Crippen molar-refractivity contribution in [1.29, 1.82) is 0 Å². The van der Waals surface area contributed by atoms with Gasteiger partial charge in [-0.05, 0) is 69.3 Å². The van der Waals surface area contributed by atoms with Crippen molar-refractivity contribution in [2.45, 2.75) is 26.8 Å². The average Bonchev–Trinajstić information content (AvgIpc) is 2.68. The lowest BCUT2D eigenvalue weighted by Gasteiger charge is -2.27. The minimum Gasteiger partial charge on any atom is -0.369 e. The van der Waals surface area contributed by atoms with Gasteiger partial charge in [-0.1, -0.05) is 6.08 Å². The standard InChI is InChI=1S/C22H28N4O2/c1-5-15-23-22(28)25-19-11-9-18(10-12-19)24-21(27)17-7-13-20(14-8-17)26(6-2)16(3)4/h5,7-14,16H,1,6,15H2,2-4H3,(H,24,27)(H2,23,25,28). The third-order valence-electron chi connectivity index (χ3n) is 4.23. The lowest BCUT2D eigenvalue weighted by molar-refractivity contribution is 0.102. The summed E-state index contributed by atoms with van der Waals surface area (Å²) in [7, 11) is 0. The first kappa shape index (κ1) is 21.0. The van der Waals surface area contributed by atoms with Crippen molar-refractivity contribution in [2.75, 3.05) is 28.6 Å². The van der Waals surface area contributed by atoms with Crippen molar-refractivity contribution in [3.63, 3.8) is 0 Å². The minimum atomic E-state index is -0.306. The van der Waals surface area contributed by atoms with Crippen LogP contribution in [-0.2, 0) is 0 Å². The maximum Gasteiger partial charge on any atom is 0.319 e. The monoisotopic (exact) mass is 380 g/mol. The molecule has 0 spiro atoms. The summed E-state index contributed by atoms with van der Waals surface area (Å²) in [6.45, 7) is 11.3. The topological polar surface area (TPSA) is 73.5 Å². The SMILES string of the molecule is C=CCNC(=O)Nc1ccc(NC(=O)c2ccc(N(CC)C(C)C)cc2)cc1. The molecule has 6 nitrogen and oxygen atoms in total. The molecule has 0 aliphatic rings. The van der Waals surface area contributed by atoms with E-state index in [9.17, 15) is 9.59 Å². The van der Waals surface area contributed by atoms with E-state index < -0.39 is 0 Å². The predicted molar refractivity (Wildman–Crippen MR) is 116 cm³/mol. The van der Waals surface area contributed by atoms with E-state index in [1.807, 2.05) is 24.3 Å². The van der Waals surface area contributed by atoms with Gasteiger partial charge in [-0.2, -0.15) is 0 Å². The van der Waals surface area contributed by atoms with Gasteiger partial charge in [0.15, 0.2) is 0 Å². The maximum absolute atomic E-state index is 12.5. The second kappa shape index (κ2) is 10.2. The molecule has 2 aromatic carbocycles. The molecular formula is C22H28N4O2. The molecule has 0 fully saturated rings. The molecule has 2 rings (SSSR count). The van der Waals surface area contributed by atoms with Gasteiger partial charge in [0, 0.05) is 41.8 Å². The first-order valence-electron chi connectivity index (χ1n) is 9.38. The Kier molecular flexibility index (Phi) is 7.63. The second-order valence-corrected chi connectivity index (χ2v) is 6.58. The van der Waals surface area contributed by atoms with E-state index in [0.29, 0.717) is 29.5 Å². The highest BCUT2D eigenvalue weighted by atomic mass is 16.2. The number of urea groups is 1. The van der Waals surface area contributed by atoms with Gasteiger partial charge in [0.1, 0.15) is 0 Å². The van der Waals surface area contributed by atoms with Crippen molar-refractivity contribution in [1.82, 2.24) is 5.32 Å². The van der Waals surface area contributed by atoms with Gasteiger partial charge in [0.05, 0.1) is 0 Å². The van der Waals surface area contributed by atoms with Crippen molar-refractivity contribution in [3.05, 3.63) is 66.7 Å². The fourth-order valence-corrected chi connectivity index (χ4v) is 2.83. The quantitative estimate of drug-likeness (QED) is 0.591. The maximum atomic E-state index is 12.5. The van der Waals surface area contributed by atoms with Gasteiger partial charge in [-0.3, -0.25) is 4.79 Å². The van der Waals surface area contributed by atoms with Crippen LogP contribution < -0.4 is 20.9 Å². The summed E-state index contributed by atoms with van der Waals surface area (Å²) in [5.41, 5.74) is 2.98. The Bertz CT molecular complexity index is 798. The number of nitrogens with one attached hydrogen (secondary N) is 3. The van der Waals surface area contributed by atoms with E-state index in [1.165, 1.54) is 0 Å². The Hall–Kier alpha value is -3.28. The summed E-state index contributed by atoms with van der Waals surface area (Å²) >= 11 is 0. The number of amides is 3. The van der Waals surface area contributed by atoms with Crippen LogP contribution in [0.1, 0.15) is 31.1 Å². The number of rotatable bonds is 8. The van der Waals surface area contributed by atoms with Crippen molar-refractivity contribution in [3.8, 4) is 0 Å². The van der Waals surface area contributed by atoms with E-state index in [-0.39, 0.29) is 11.9 Å². The second-order valence-electron chi connectivity index (χ2n) is 6.58. The Morgan fingerprint density at radius 2 is 1.57 bits per heavy atom. The van der Waals surface area contributed by atoms with E-state index in [1.54, 1.807) is 30.3 Å². The summed E-state index contributed by atoms with van der Waals surface area (Å²) in [6, 6.07) is 14.6. The highest BCUT2D eigenvalue weighted by Crippen LogP contribution is 2.19. The van der Waals surface area contributed by atoms with Crippen LogP contribution in [0.25, 0.3) is 0 Å². The Labute approximate surface area is 166 Å². The van der Waals surface area contributed by atoms with Gasteiger partial charge in [-0.15, -0.1) is 6.58 Å². The largest absolute Gasteiger partial charge is 0.369 e. The molecule has 0 heterocycles. The van der Waals surface area contributed by atoms with Crippen LogP contribution in [-0.4, -0.2) is 31.1 Å². The Balaban J connectivity index is 1.97. The first-order valence-corrected chi connectivity index (χ1v) is 9.38. The van der Waals surface area contributed by atoms with Gasteiger partial charge in [0.2, 0.25) is 0 Å². The summed E-state index contributed by atoms with van der Waals surface area (Å²) < 4.78 is 0. The van der Waals surface area contributed by atoms with Crippen LogP contribution in [0.3, 0.4) is 0 Å². The molecule has 6 heteroatoms. The normalized spacial score (nSPS) is 10.3. The van der Waals surface area contributed by atoms with E-state index in [4.69, 9.17) is 0 Å². The van der Waals surface area contributed by atoms with Crippen LogP contribution in [0.2, 0.25) is 0 Å². The fourth-order valence-electron chi connectivity index (χ4n) is 2.83. The summed E-state index contributed by atoms with van der Waals surface area (Å²) in [4.78, 5) is 26.3. The van der Waals surface area contributed by atoms with Gasteiger partial charge in [-0.25, -0.2) is 4.79 Å². The molecule has 0 saturated carbocycles. The van der Waals surface area contributed by atoms with Gasteiger partial charge < -0.3 is 20.9 Å². The van der Waals surface area contributed by atoms with Crippen molar-refractivity contribution >= 4 is 29.0 Å². The Morgan fingerprint density at radius 3 is 2.07 bits per heavy atom. The zero-order valence-electron chi connectivity index (χ0n) is 16.7. The highest BCUT2D eigenvalue weighted by Gasteiger charge is 2.11. The molecule has 0 bridgehead atoms. The van der Waals surface area contributed by atoms with Crippen molar-refractivity contribution in [2.24, 2.45) is 0 Å². The van der Waals surface area contributed by atoms with Gasteiger partial charge >= 0.3 is 6.03 Å².